The van der Waals surface area contributed by atoms with Gasteiger partial charge in [0.25, 0.3) is 0 Å². The van der Waals surface area contributed by atoms with E-state index in [1.54, 1.807) is 0 Å². The van der Waals surface area contributed by atoms with Crippen LogP contribution < -0.4 is 0 Å². The highest BCUT2D eigenvalue weighted by atomic mass is 16.6. The summed E-state index contributed by atoms with van der Waals surface area (Å²) >= 11 is 0. The summed E-state index contributed by atoms with van der Waals surface area (Å²) in [6.45, 7) is 2.49. The number of epoxide rings is 1. The summed E-state index contributed by atoms with van der Waals surface area (Å²) in [5.74, 6) is 0. The van der Waals surface area contributed by atoms with Crippen molar-refractivity contribution in [1.29, 1.82) is 0 Å². The van der Waals surface area contributed by atoms with Crippen LogP contribution in [0.15, 0.2) is 0 Å². The first-order chi connectivity index (χ1) is 10.4. The first-order valence-corrected chi connectivity index (χ1v) is 9.64. The summed E-state index contributed by atoms with van der Waals surface area (Å²) in [6, 6.07) is 0. The lowest BCUT2D eigenvalue weighted by atomic mass is 10.0. The normalized spacial score (nSPS) is 20.9. The van der Waals surface area contributed by atoms with E-state index in [1.807, 2.05) is 0 Å². The van der Waals surface area contributed by atoms with Gasteiger partial charge in [-0.25, -0.2) is 0 Å². The van der Waals surface area contributed by atoms with Gasteiger partial charge in [0.1, 0.15) is 6.10 Å². The van der Waals surface area contributed by atoms with Crippen molar-refractivity contribution in [1.82, 2.24) is 0 Å². The lowest BCUT2D eigenvalue weighted by molar-refractivity contribution is 0.241. The zero-order chi connectivity index (χ0) is 15.2. The molecule has 1 heterocycles. The molecule has 1 fully saturated rings. The fourth-order valence-corrected chi connectivity index (χ4v) is 3.13. The minimum Gasteiger partial charge on any atom is -0.394 e. The maximum atomic E-state index is 8.87. The number of hydrogen-bond acceptors (Lipinski definition) is 2. The molecular weight excluding hydrogens is 260 g/mol. The van der Waals surface area contributed by atoms with Crippen LogP contribution in [-0.4, -0.2) is 23.9 Å². The van der Waals surface area contributed by atoms with Gasteiger partial charge in [-0.2, -0.15) is 0 Å². The number of aliphatic hydroxyl groups excluding tert-OH is 1. The highest BCUT2D eigenvalue weighted by Gasteiger charge is 2.36. The van der Waals surface area contributed by atoms with Gasteiger partial charge in [0, 0.05) is 0 Å². The van der Waals surface area contributed by atoms with Crippen molar-refractivity contribution in [3.8, 4) is 0 Å². The van der Waals surface area contributed by atoms with Gasteiger partial charge in [-0.3, -0.25) is 0 Å². The van der Waals surface area contributed by atoms with E-state index in [1.165, 1.54) is 89.9 Å². The second-order valence-electron chi connectivity index (χ2n) is 6.78. The smallest absolute Gasteiger partial charge is 0.107 e. The summed E-state index contributed by atoms with van der Waals surface area (Å²) in [5.41, 5.74) is 0. The van der Waals surface area contributed by atoms with Crippen LogP contribution in [0.4, 0.5) is 0 Å². The predicted octanol–water partition coefficient (Wildman–Crippen LogP) is 5.62. The number of aliphatic hydroxyl groups is 1. The maximum absolute atomic E-state index is 8.87. The van der Waals surface area contributed by atoms with E-state index in [0.717, 1.165) is 6.42 Å². The summed E-state index contributed by atoms with van der Waals surface area (Å²) in [6.07, 6.45) is 21.5. The summed E-state index contributed by atoms with van der Waals surface area (Å²) in [7, 11) is 0. The van der Waals surface area contributed by atoms with E-state index in [4.69, 9.17) is 9.84 Å². The van der Waals surface area contributed by atoms with Crippen molar-refractivity contribution >= 4 is 0 Å². The Hall–Kier alpha value is -0.0800. The van der Waals surface area contributed by atoms with Gasteiger partial charge >= 0.3 is 0 Å². The molecule has 126 valence electrons. The van der Waals surface area contributed by atoms with Gasteiger partial charge in [0.2, 0.25) is 0 Å². The Bertz CT molecular complexity index is 218. The Labute approximate surface area is 132 Å². The van der Waals surface area contributed by atoms with Crippen LogP contribution in [0.25, 0.3) is 0 Å². The van der Waals surface area contributed by atoms with E-state index in [2.05, 4.69) is 6.92 Å². The molecule has 2 atom stereocenters. The van der Waals surface area contributed by atoms with E-state index in [9.17, 15) is 0 Å². The van der Waals surface area contributed by atoms with Crippen molar-refractivity contribution in [2.45, 2.75) is 115 Å². The molecule has 0 aromatic carbocycles. The van der Waals surface area contributed by atoms with Crippen molar-refractivity contribution < 1.29 is 9.84 Å². The third-order valence-corrected chi connectivity index (χ3v) is 4.71. The maximum Gasteiger partial charge on any atom is 0.107 e. The SMILES string of the molecule is CCCCCCCCCCCCCCCCC1OC1CO. The Morgan fingerprint density at radius 1 is 0.619 bits per heavy atom. The average molecular weight is 299 g/mol. The van der Waals surface area contributed by atoms with Gasteiger partial charge in [-0.1, -0.05) is 96.8 Å². The molecule has 2 unspecified atom stereocenters. The molecule has 0 radical (unpaired) electrons. The largest absolute Gasteiger partial charge is 0.394 e. The van der Waals surface area contributed by atoms with Crippen LogP contribution in [0.1, 0.15) is 103 Å². The van der Waals surface area contributed by atoms with Crippen molar-refractivity contribution in [3.05, 3.63) is 0 Å². The molecule has 1 aliphatic heterocycles. The average Bonchev–Trinajstić information content (AvgIpc) is 3.26. The number of rotatable bonds is 16. The first kappa shape index (κ1) is 19.0. The Balaban J connectivity index is 1.64. The molecule has 1 aliphatic rings. The van der Waals surface area contributed by atoms with E-state index >= 15 is 0 Å². The standard InChI is InChI=1S/C19H38O2/c1-2-3-4-5-6-7-8-9-10-11-12-13-14-15-16-18-19(17-20)21-18/h18-20H,2-17H2,1H3. The van der Waals surface area contributed by atoms with Crippen LogP contribution in [0.2, 0.25) is 0 Å². The van der Waals surface area contributed by atoms with Crippen LogP contribution in [0, 0.1) is 0 Å². The topological polar surface area (TPSA) is 32.8 Å². The van der Waals surface area contributed by atoms with Crippen LogP contribution in [0.5, 0.6) is 0 Å². The summed E-state index contributed by atoms with van der Waals surface area (Å²) in [5, 5.41) is 8.87. The zero-order valence-electron chi connectivity index (χ0n) is 14.3. The molecule has 2 heteroatoms. The molecule has 0 aromatic heterocycles. The lowest BCUT2D eigenvalue weighted by Gasteiger charge is -2.03. The summed E-state index contributed by atoms with van der Waals surface area (Å²) < 4.78 is 5.33. The molecule has 1 N–H and O–H groups in total. The molecule has 0 saturated carbocycles. The second-order valence-corrected chi connectivity index (χ2v) is 6.78. The Morgan fingerprint density at radius 2 is 1.05 bits per heavy atom. The molecule has 0 spiro atoms. The summed E-state index contributed by atoms with van der Waals surface area (Å²) in [4.78, 5) is 0. The minimum atomic E-state index is 0.173. The second kappa shape index (κ2) is 13.6. The number of unbranched alkanes of at least 4 members (excludes halogenated alkanes) is 13. The molecule has 0 aromatic rings. The molecular formula is C19H38O2. The molecule has 21 heavy (non-hydrogen) atoms. The van der Waals surface area contributed by atoms with Crippen molar-refractivity contribution in [2.24, 2.45) is 0 Å². The van der Waals surface area contributed by atoms with E-state index in [0.29, 0.717) is 6.10 Å². The van der Waals surface area contributed by atoms with Gasteiger partial charge in [-0.15, -0.1) is 0 Å². The van der Waals surface area contributed by atoms with Gasteiger partial charge in [0.05, 0.1) is 12.7 Å². The number of ether oxygens (including phenoxy) is 1. The van der Waals surface area contributed by atoms with Gasteiger partial charge < -0.3 is 9.84 Å². The van der Waals surface area contributed by atoms with Crippen molar-refractivity contribution in [3.63, 3.8) is 0 Å². The molecule has 1 rings (SSSR count). The highest BCUT2D eigenvalue weighted by Crippen LogP contribution is 2.26. The van der Waals surface area contributed by atoms with Crippen LogP contribution in [0.3, 0.4) is 0 Å². The third-order valence-electron chi connectivity index (χ3n) is 4.71. The number of hydrogen-bond donors (Lipinski definition) is 1. The fourth-order valence-electron chi connectivity index (χ4n) is 3.13. The molecule has 0 amide bonds. The molecule has 0 aliphatic carbocycles. The Kier molecular flexibility index (Phi) is 12.3. The zero-order valence-corrected chi connectivity index (χ0v) is 14.3. The monoisotopic (exact) mass is 298 g/mol. The Morgan fingerprint density at radius 3 is 1.43 bits per heavy atom. The van der Waals surface area contributed by atoms with Gasteiger partial charge in [0.15, 0.2) is 0 Å². The minimum absolute atomic E-state index is 0.173. The third kappa shape index (κ3) is 11.2. The predicted molar refractivity (Wildman–Crippen MR) is 90.7 cm³/mol. The first-order valence-electron chi connectivity index (χ1n) is 9.64. The van der Waals surface area contributed by atoms with Crippen LogP contribution in [-0.2, 0) is 4.74 Å². The van der Waals surface area contributed by atoms with Crippen LogP contribution >= 0.6 is 0 Å². The molecule has 0 bridgehead atoms. The quantitative estimate of drug-likeness (QED) is 0.296. The van der Waals surface area contributed by atoms with E-state index in [-0.39, 0.29) is 12.7 Å². The lowest BCUT2D eigenvalue weighted by Crippen LogP contribution is -1.98. The fraction of sp³-hybridized carbons (Fsp3) is 1.00. The molecule has 1 saturated heterocycles. The van der Waals surface area contributed by atoms with E-state index < -0.39 is 0 Å². The van der Waals surface area contributed by atoms with Gasteiger partial charge in [-0.05, 0) is 6.42 Å². The molecule has 2 nitrogen and oxygen atoms in total. The van der Waals surface area contributed by atoms with Crippen molar-refractivity contribution in [2.75, 3.05) is 6.61 Å². The highest BCUT2D eigenvalue weighted by molar-refractivity contribution is 4.83.